The van der Waals surface area contributed by atoms with E-state index in [9.17, 15) is 9.59 Å². The number of nitrogens with one attached hydrogen (secondary N) is 1. The summed E-state index contributed by atoms with van der Waals surface area (Å²) in [6.07, 6.45) is 0. The van der Waals surface area contributed by atoms with E-state index in [1.807, 2.05) is 72.3 Å². The van der Waals surface area contributed by atoms with Gasteiger partial charge in [0.05, 0.1) is 12.6 Å². The largest absolute Gasteiger partial charge is 0.339 e. The number of carbonyl (C=O) groups is 2. The zero-order chi connectivity index (χ0) is 23.2. The monoisotopic (exact) mass is 444 g/mol. The maximum absolute atomic E-state index is 12.9. The van der Waals surface area contributed by atoms with Gasteiger partial charge in [-0.15, -0.1) is 0 Å². The smallest absolute Gasteiger partial charge is 0.241 e. The fourth-order valence-electron chi connectivity index (χ4n) is 4.22. The molecule has 33 heavy (non-hydrogen) atoms. The molecule has 0 saturated carbocycles. The number of benzene rings is 3. The maximum Gasteiger partial charge on any atom is 0.241 e. The quantitative estimate of drug-likeness (QED) is 0.607. The van der Waals surface area contributed by atoms with E-state index in [1.165, 1.54) is 5.56 Å². The Balaban J connectivity index is 1.27. The molecule has 1 heterocycles. The first-order valence-electron chi connectivity index (χ1n) is 11.5. The van der Waals surface area contributed by atoms with Crippen LogP contribution in [0.3, 0.4) is 0 Å². The predicted octanol–water partition coefficient (Wildman–Crippen LogP) is 3.44. The van der Waals surface area contributed by atoms with Gasteiger partial charge in [-0.2, -0.15) is 0 Å². The van der Waals surface area contributed by atoms with Crippen LogP contribution >= 0.6 is 0 Å². The molecular formula is C27H32N4O2. The highest BCUT2D eigenvalue weighted by molar-refractivity contribution is 6.03. The number of hydrogen-bond donors (Lipinski definition) is 1. The van der Waals surface area contributed by atoms with Crippen molar-refractivity contribution in [2.75, 3.05) is 45.1 Å². The summed E-state index contributed by atoms with van der Waals surface area (Å²) in [6, 6.07) is 23.8. The molecule has 6 nitrogen and oxygen atoms in total. The second-order valence-corrected chi connectivity index (χ2v) is 8.75. The van der Waals surface area contributed by atoms with E-state index in [2.05, 4.69) is 34.5 Å². The molecule has 1 saturated heterocycles. The third kappa shape index (κ3) is 5.78. The molecule has 2 amide bonds. The minimum atomic E-state index is -0.424. The number of fused-ring (bicyclic) bond motifs is 1. The van der Waals surface area contributed by atoms with Crippen LogP contribution in [0.1, 0.15) is 12.5 Å². The van der Waals surface area contributed by atoms with E-state index in [4.69, 9.17) is 0 Å². The molecule has 6 heteroatoms. The standard InChI is InChI=1S/C27H32N4O2/c1-21(27(33)28-25-14-8-12-23-11-6-7-13-24(23)25)29(2)20-26(32)31-17-15-30(16-18-31)19-22-9-4-3-5-10-22/h3-14,21H,15-20H2,1-2H3,(H,28,33). The van der Waals surface area contributed by atoms with E-state index in [0.717, 1.165) is 49.2 Å². The fraction of sp³-hybridized carbons (Fsp3) is 0.333. The van der Waals surface area contributed by atoms with Gasteiger partial charge in [-0.1, -0.05) is 66.7 Å². The molecule has 0 aliphatic carbocycles. The highest BCUT2D eigenvalue weighted by Crippen LogP contribution is 2.23. The van der Waals surface area contributed by atoms with Crippen molar-refractivity contribution < 1.29 is 9.59 Å². The third-order valence-corrected chi connectivity index (χ3v) is 6.45. The highest BCUT2D eigenvalue weighted by Gasteiger charge is 2.25. The summed E-state index contributed by atoms with van der Waals surface area (Å²) in [5, 5.41) is 5.12. The summed E-state index contributed by atoms with van der Waals surface area (Å²) in [6.45, 7) is 6.14. The number of likely N-dealkylation sites (N-methyl/N-ethyl adjacent to an activating group) is 1. The van der Waals surface area contributed by atoms with E-state index in [0.29, 0.717) is 0 Å². The average molecular weight is 445 g/mol. The predicted molar refractivity (Wildman–Crippen MR) is 133 cm³/mol. The summed E-state index contributed by atoms with van der Waals surface area (Å²) in [5.41, 5.74) is 2.09. The van der Waals surface area contributed by atoms with E-state index in [1.54, 1.807) is 0 Å². The fourth-order valence-corrected chi connectivity index (χ4v) is 4.22. The number of nitrogens with zero attached hydrogens (tertiary/aromatic N) is 3. The molecule has 4 rings (SSSR count). The second kappa shape index (κ2) is 10.6. The normalized spacial score (nSPS) is 15.5. The number of amides is 2. The number of hydrogen-bond acceptors (Lipinski definition) is 4. The SMILES string of the molecule is CC(C(=O)Nc1cccc2ccccc12)N(C)CC(=O)N1CCN(Cc2ccccc2)CC1. The minimum Gasteiger partial charge on any atom is -0.339 e. The first-order chi connectivity index (χ1) is 16.0. The molecule has 1 aliphatic heterocycles. The van der Waals surface area contributed by atoms with Crippen molar-refractivity contribution in [3.05, 3.63) is 78.4 Å². The van der Waals surface area contributed by atoms with Crippen molar-refractivity contribution in [3.8, 4) is 0 Å². The van der Waals surface area contributed by atoms with Crippen molar-refractivity contribution in [3.63, 3.8) is 0 Å². The van der Waals surface area contributed by atoms with Gasteiger partial charge < -0.3 is 10.2 Å². The molecule has 0 spiro atoms. The van der Waals surface area contributed by atoms with Gasteiger partial charge in [0.15, 0.2) is 0 Å². The van der Waals surface area contributed by atoms with Crippen LogP contribution in [0.2, 0.25) is 0 Å². The number of carbonyl (C=O) groups excluding carboxylic acids is 2. The zero-order valence-corrected chi connectivity index (χ0v) is 19.4. The number of piperazine rings is 1. The third-order valence-electron chi connectivity index (χ3n) is 6.45. The van der Waals surface area contributed by atoms with Crippen LogP contribution in [0.5, 0.6) is 0 Å². The van der Waals surface area contributed by atoms with Crippen LogP contribution in [0, 0.1) is 0 Å². The Morgan fingerprint density at radius 1 is 0.909 bits per heavy atom. The molecule has 1 fully saturated rings. The topological polar surface area (TPSA) is 55.9 Å². The summed E-state index contributed by atoms with van der Waals surface area (Å²) >= 11 is 0. The van der Waals surface area contributed by atoms with Gasteiger partial charge in [0.1, 0.15) is 0 Å². The first kappa shape index (κ1) is 23.0. The van der Waals surface area contributed by atoms with Crippen molar-refractivity contribution in [2.45, 2.75) is 19.5 Å². The zero-order valence-electron chi connectivity index (χ0n) is 19.4. The summed E-state index contributed by atoms with van der Waals surface area (Å²) < 4.78 is 0. The molecule has 3 aromatic carbocycles. The summed E-state index contributed by atoms with van der Waals surface area (Å²) in [4.78, 5) is 31.9. The Hall–Kier alpha value is -3.22. The molecule has 1 aliphatic rings. The number of rotatable bonds is 7. The molecule has 0 bridgehead atoms. The van der Waals surface area contributed by atoms with Crippen LogP contribution in [0.25, 0.3) is 10.8 Å². The van der Waals surface area contributed by atoms with Gasteiger partial charge in [-0.05, 0) is 31.0 Å². The van der Waals surface area contributed by atoms with Gasteiger partial charge in [-0.25, -0.2) is 0 Å². The lowest BCUT2D eigenvalue weighted by Crippen LogP contribution is -2.52. The van der Waals surface area contributed by atoms with E-state index < -0.39 is 6.04 Å². The minimum absolute atomic E-state index is 0.0710. The van der Waals surface area contributed by atoms with Crippen molar-refractivity contribution in [2.24, 2.45) is 0 Å². The van der Waals surface area contributed by atoms with Crippen LogP contribution in [0.15, 0.2) is 72.8 Å². The molecule has 1 unspecified atom stereocenters. The molecular weight excluding hydrogens is 412 g/mol. The number of anilines is 1. The lowest BCUT2D eigenvalue weighted by Gasteiger charge is -2.36. The Morgan fingerprint density at radius 2 is 1.58 bits per heavy atom. The van der Waals surface area contributed by atoms with E-state index >= 15 is 0 Å². The molecule has 172 valence electrons. The van der Waals surface area contributed by atoms with Crippen LogP contribution in [-0.4, -0.2) is 72.3 Å². The summed E-state index contributed by atoms with van der Waals surface area (Å²) in [5.74, 6) is -0.0454. The lowest BCUT2D eigenvalue weighted by atomic mass is 10.1. The molecule has 0 radical (unpaired) electrons. The van der Waals surface area contributed by atoms with Gasteiger partial charge >= 0.3 is 0 Å². The Morgan fingerprint density at radius 3 is 2.33 bits per heavy atom. The van der Waals surface area contributed by atoms with E-state index in [-0.39, 0.29) is 18.4 Å². The van der Waals surface area contributed by atoms with Crippen molar-refractivity contribution in [1.82, 2.24) is 14.7 Å². The lowest BCUT2D eigenvalue weighted by molar-refractivity contribution is -0.135. The average Bonchev–Trinajstić information content (AvgIpc) is 2.84. The van der Waals surface area contributed by atoms with Gasteiger partial charge in [0.25, 0.3) is 0 Å². The Kier molecular flexibility index (Phi) is 7.37. The van der Waals surface area contributed by atoms with Crippen molar-refractivity contribution in [1.29, 1.82) is 0 Å². The van der Waals surface area contributed by atoms with Gasteiger partial charge in [0.2, 0.25) is 11.8 Å². The molecule has 1 atom stereocenters. The van der Waals surface area contributed by atoms with Crippen LogP contribution in [-0.2, 0) is 16.1 Å². The van der Waals surface area contributed by atoms with Gasteiger partial charge in [0, 0.05) is 43.8 Å². The second-order valence-electron chi connectivity index (χ2n) is 8.75. The van der Waals surface area contributed by atoms with Crippen LogP contribution < -0.4 is 5.32 Å². The maximum atomic E-state index is 12.9. The molecule has 0 aromatic heterocycles. The van der Waals surface area contributed by atoms with Gasteiger partial charge in [-0.3, -0.25) is 19.4 Å². The first-order valence-corrected chi connectivity index (χ1v) is 11.5. The molecule has 3 aromatic rings. The Bertz CT molecular complexity index is 1090. The summed E-state index contributed by atoms with van der Waals surface area (Å²) in [7, 11) is 1.83. The van der Waals surface area contributed by atoms with Crippen LogP contribution in [0.4, 0.5) is 5.69 Å². The van der Waals surface area contributed by atoms with Crippen molar-refractivity contribution >= 4 is 28.3 Å². The Labute approximate surface area is 195 Å². The molecule has 1 N–H and O–H groups in total. The highest BCUT2D eigenvalue weighted by atomic mass is 16.2.